The van der Waals surface area contributed by atoms with Crippen molar-refractivity contribution >= 4 is 16.8 Å². The highest BCUT2D eigenvalue weighted by Crippen LogP contribution is 2.28. The first kappa shape index (κ1) is 29.6. The van der Waals surface area contributed by atoms with Crippen molar-refractivity contribution in [1.82, 2.24) is 10.3 Å². The van der Waals surface area contributed by atoms with Crippen LogP contribution in [0.2, 0.25) is 0 Å². The molecule has 0 aliphatic carbocycles. The number of phenols is 1. The Morgan fingerprint density at radius 3 is 2.37 bits per heavy atom. The largest absolute Gasteiger partial charge is 0.573 e. The summed E-state index contributed by atoms with van der Waals surface area (Å²) in [6.45, 7) is 0.148. The maximum atomic E-state index is 13.1. The molecule has 1 aromatic heterocycles. The van der Waals surface area contributed by atoms with Crippen molar-refractivity contribution in [2.45, 2.75) is 31.7 Å². The van der Waals surface area contributed by atoms with Crippen molar-refractivity contribution in [3.63, 3.8) is 0 Å². The van der Waals surface area contributed by atoms with Gasteiger partial charge in [0.1, 0.15) is 29.5 Å². The number of phenolic OH excluding ortho intramolecular Hbond substituents is 1. The summed E-state index contributed by atoms with van der Waals surface area (Å²) in [6.07, 6.45) is -6.35. The van der Waals surface area contributed by atoms with Crippen molar-refractivity contribution in [3.05, 3.63) is 95.2 Å². The van der Waals surface area contributed by atoms with Crippen LogP contribution in [-0.4, -0.2) is 52.3 Å². The zero-order valence-corrected chi connectivity index (χ0v) is 21.8. The second-order valence-corrected chi connectivity index (χ2v) is 9.13. The SMILES string of the molecule is COC[C@H](Cc1ccc(O)cc1)NC(=O)c1cc(C(O)O)c2cc(COc3cccc(OC(F)(F)F)c3)ccc2n1. The van der Waals surface area contributed by atoms with E-state index in [1.165, 1.54) is 25.3 Å². The van der Waals surface area contributed by atoms with Gasteiger partial charge in [-0.05, 0) is 60.0 Å². The van der Waals surface area contributed by atoms with Crippen molar-refractivity contribution in [1.29, 1.82) is 0 Å². The number of halogens is 3. The zero-order chi connectivity index (χ0) is 29.6. The summed E-state index contributed by atoms with van der Waals surface area (Å²) >= 11 is 0. The van der Waals surface area contributed by atoms with E-state index in [0.29, 0.717) is 22.9 Å². The van der Waals surface area contributed by atoms with Gasteiger partial charge in [-0.15, -0.1) is 13.2 Å². The summed E-state index contributed by atoms with van der Waals surface area (Å²) in [6, 6.07) is 17.3. The Balaban J connectivity index is 1.52. The van der Waals surface area contributed by atoms with E-state index < -0.39 is 30.4 Å². The fraction of sp³-hybridized carbons (Fsp3) is 0.241. The smallest absolute Gasteiger partial charge is 0.508 e. The van der Waals surface area contributed by atoms with Crippen LogP contribution in [-0.2, 0) is 17.8 Å². The summed E-state index contributed by atoms with van der Waals surface area (Å²) in [5, 5.41) is 32.8. The number of nitrogens with one attached hydrogen (secondary N) is 1. The lowest BCUT2D eigenvalue weighted by Crippen LogP contribution is -2.40. The van der Waals surface area contributed by atoms with E-state index in [0.717, 1.165) is 17.7 Å². The average molecular weight is 573 g/mol. The van der Waals surface area contributed by atoms with E-state index in [2.05, 4.69) is 15.0 Å². The number of rotatable bonds is 11. The first-order valence-corrected chi connectivity index (χ1v) is 12.4. The summed E-state index contributed by atoms with van der Waals surface area (Å²) in [5.74, 6) is -0.721. The van der Waals surface area contributed by atoms with Crippen LogP contribution in [0.3, 0.4) is 0 Å². The summed E-state index contributed by atoms with van der Waals surface area (Å²) < 4.78 is 52.2. The molecule has 0 saturated heterocycles. The number of hydrogen-bond acceptors (Lipinski definition) is 8. The highest BCUT2D eigenvalue weighted by Gasteiger charge is 2.31. The molecule has 0 spiro atoms. The normalized spacial score (nSPS) is 12.4. The lowest BCUT2D eigenvalue weighted by atomic mass is 10.0. The molecule has 1 atom stereocenters. The molecule has 0 aliphatic rings. The number of benzene rings is 3. The number of hydrogen-bond donors (Lipinski definition) is 4. The number of carbonyl (C=O) groups is 1. The monoisotopic (exact) mass is 572 g/mol. The van der Waals surface area contributed by atoms with Gasteiger partial charge < -0.3 is 34.8 Å². The van der Waals surface area contributed by atoms with Crippen LogP contribution in [0.5, 0.6) is 17.2 Å². The molecule has 216 valence electrons. The minimum atomic E-state index is -4.83. The molecule has 0 radical (unpaired) electrons. The molecule has 4 N–H and O–H groups in total. The van der Waals surface area contributed by atoms with Crippen LogP contribution in [0.4, 0.5) is 13.2 Å². The zero-order valence-electron chi connectivity index (χ0n) is 21.8. The van der Waals surface area contributed by atoms with Crippen LogP contribution in [0.1, 0.15) is 33.5 Å². The number of aliphatic hydroxyl groups is 2. The molecule has 9 nitrogen and oxygen atoms in total. The van der Waals surface area contributed by atoms with E-state index >= 15 is 0 Å². The topological polar surface area (TPSA) is 130 Å². The third-order valence-electron chi connectivity index (χ3n) is 5.98. The van der Waals surface area contributed by atoms with Crippen LogP contribution < -0.4 is 14.8 Å². The predicted molar refractivity (Wildman–Crippen MR) is 141 cm³/mol. The van der Waals surface area contributed by atoms with E-state index in [1.807, 2.05) is 0 Å². The highest BCUT2D eigenvalue weighted by molar-refractivity contribution is 5.96. The summed E-state index contributed by atoms with van der Waals surface area (Å²) in [4.78, 5) is 17.5. The molecule has 4 rings (SSSR count). The molecule has 0 aliphatic heterocycles. The number of amides is 1. The van der Waals surface area contributed by atoms with Crippen LogP contribution in [0.25, 0.3) is 10.9 Å². The number of alkyl halides is 3. The molecule has 0 fully saturated rings. The van der Waals surface area contributed by atoms with Gasteiger partial charge in [0, 0.05) is 24.1 Å². The van der Waals surface area contributed by atoms with Gasteiger partial charge in [-0.2, -0.15) is 0 Å². The maximum absolute atomic E-state index is 13.1. The summed E-state index contributed by atoms with van der Waals surface area (Å²) in [7, 11) is 1.50. The number of carbonyl (C=O) groups excluding carboxylic acids is 1. The fourth-order valence-corrected chi connectivity index (χ4v) is 4.18. The average Bonchev–Trinajstić information content (AvgIpc) is 2.91. The fourth-order valence-electron chi connectivity index (χ4n) is 4.18. The molecule has 12 heteroatoms. The summed E-state index contributed by atoms with van der Waals surface area (Å²) in [5.41, 5.74) is 1.72. The maximum Gasteiger partial charge on any atom is 0.573 e. The molecule has 1 amide bonds. The van der Waals surface area contributed by atoms with Crippen LogP contribution in [0.15, 0.2) is 72.8 Å². The van der Waals surface area contributed by atoms with Gasteiger partial charge in [0.05, 0.1) is 18.2 Å². The second kappa shape index (κ2) is 12.9. The van der Waals surface area contributed by atoms with E-state index in [9.17, 15) is 33.3 Å². The van der Waals surface area contributed by atoms with Crippen LogP contribution >= 0.6 is 0 Å². The number of aromatic hydroxyl groups is 1. The third kappa shape index (κ3) is 8.30. The van der Waals surface area contributed by atoms with Gasteiger partial charge >= 0.3 is 6.36 Å². The van der Waals surface area contributed by atoms with E-state index in [4.69, 9.17) is 9.47 Å². The third-order valence-corrected chi connectivity index (χ3v) is 5.98. The highest BCUT2D eigenvalue weighted by atomic mass is 19.4. The number of pyridine rings is 1. The van der Waals surface area contributed by atoms with Crippen molar-refractivity contribution in [3.8, 4) is 17.2 Å². The van der Waals surface area contributed by atoms with Crippen LogP contribution in [0, 0.1) is 0 Å². The number of methoxy groups -OCH3 is 1. The minimum absolute atomic E-state index is 0.0319. The predicted octanol–water partition coefficient (Wildman–Crippen LogP) is 4.39. The van der Waals surface area contributed by atoms with Gasteiger partial charge in [0.15, 0.2) is 6.29 Å². The molecule has 0 unspecified atom stereocenters. The molecule has 41 heavy (non-hydrogen) atoms. The van der Waals surface area contributed by atoms with E-state index in [-0.39, 0.29) is 36.0 Å². The Bertz CT molecular complexity index is 1490. The van der Waals surface area contributed by atoms with Gasteiger partial charge in [-0.25, -0.2) is 4.98 Å². The quantitative estimate of drug-likeness (QED) is 0.195. The first-order chi connectivity index (χ1) is 19.5. The van der Waals surface area contributed by atoms with Gasteiger partial charge in [-0.1, -0.05) is 24.3 Å². The number of fused-ring (bicyclic) bond motifs is 1. The molecular formula is C29H27F3N2O7. The van der Waals surface area contributed by atoms with Gasteiger partial charge in [-0.3, -0.25) is 4.79 Å². The molecule has 1 heterocycles. The number of aromatic nitrogens is 1. The molecule has 0 bridgehead atoms. The lowest BCUT2D eigenvalue weighted by Gasteiger charge is -2.19. The Labute approximate surface area is 232 Å². The lowest BCUT2D eigenvalue weighted by molar-refractivity contribution is -0.274. The molecule has 3 aromatic carbocycles. The number of nitrogens with zero attached hydrogens (tertiary/aromatic N) is 1. The number of ether oxygens (including phenoxy) is 3. The Morgan fingerprint density at radius 1 is 0.976 bits per heavy atom. The van der Waals surface area contributed by atoms with Gasteiger partial charge in [0.25, 0.3) is 5.91 Å². The van der Waals surface area contributed by atoms with Crippen molar-refractivity contribution in [2.75, 3.05) is 13.7 Å². The molecule has 4 aromatic rings. The number of aliphatic hydroxyl groups excluding tert-OH is 1. The second-order valence-electron chi connectivity index (χ2n) is 9.13. The first-order valence-electron chi connectivity index (χ1n) is 12.4. The minimum Gasteiger partial charge on any atom is -0.508 e. The van der Waals surface area contributed by atoms with Crippen molar-refractivity contribution in [2.24, 2.45) is 0 Å². The van der Waals surface area contributed by atoms with Crippen molar-refractivity contribution < 1.29 is 47.5 Å². The van der Waals surface area contributed by atoms with E-state index in [1.54, 1.807) is 42.5 Å². The molecule has 0 saturated carbocycles. The Morgan fingerprint density at radius 2 is 1.68 bits per heavy atom. The Kier molecular flexibility index (Phi) is 9.28. The van der Waals surface area contributed by atoms with Gasteiger partial charge in [0.2, 0.25) is 0 Å². The Hall–Kier alpha value is -4.39. The standard InChI is InChI=1S/C29H27F3N2O7/c1-39-16-19(11-17-5-8-20(35)9-6-17)33-27(36)26-14-24(28(37)38)23-12-18(7-10-25(23)34-26)15-40-21-3-2-4-22(13-21)41-29(30,31)32/h2-10,12-14,19,28,35,37-38H,11,15-16H2,1H3,(H,33,36)/t19-/m0/s1. The molecular weight excluding hydrogens is 545 g/mol.